The van der Waals surface area contributed by atoms with Crippen LogP contribution < -0.4 is 11.2 Å². The number of esters is 1. The molecule has 0 radical (unpaired) electrons. The van der Waals surface area contributed by atoms with E-state index in [0.29, 0.717) is 23.6 Å². The summed E-state index contributed by atoms with van der Waals surface area (Å²) in [5.41, 5.74) is 1.17. The average molecular weight is 422 g/mol. The second-order valence-electron chi connectivity index (χ2n) is 7.12. The number of carbonyl (C=O) groups excluding carboxylic acids is 1. The molecule has 10 heteroatoms. The van der Waals surface area contributed by atoms with Gasteiger partial charge < -0.3 is 9.30 Å². The first-order valence-corrected chi connectivity index (χ1v) is 9.95. The molecule has 3 aromatic heterocycles. The van der Waals surface area contributed by atoms with Gasteiger partial charge in [-0.3, -0.25) is 19.4 Å². The van der Waals surface area contributed by atoms with Gasteiger partial charge in [-0.05, 0) is 6.42 Å². The fourth-order valence-electron chi connectivity index (χ4n) is 3.42. The molecule has 0 aliphatic carbocycles. The van der Waals surface area contributed by atoms with Gasteiger partial charge in [-0.1, -0.05) is 43.7 Å². The minimum atomic E-state index is -0.572. The minimum absolute atomic E-state index is 0.162. The molecule has 31 heavy (non-hydrogen) atoms. The van der Waals surface area contributed by atoms with Crippen molar-refractivity contribution in [3.63, 3.8) is 0 Å². The molecule has 0 atom stereocenters. The smallest absolute Gasteiger partial charge is 0.342 e. The topological polar surface area (TPSA) is 128 Å². The normalized spacial score (nSPS) is 11.2. The van der Waals surface area contributed by atoms with E-state index in [0.717, 1.165) is 18.4 Å². The zero-order chi connectivity index (χ0) is 22.0. The molecule has 0 bridgehead atoms. The van der Waals surface area contributed by atoms with Gasteiger partial charge in [-0.15, -0.1) is 0 Å². The minimum Gasteiger partial charge on any atom is -0.454 e. The van der Waals surface area contributed by atoms with Crippen molar-refractivity contribution in [3.05, 3.63) is 68.8 Å². The van der Waals surface area contributed by atoms with Crippen LogP contribution in [0.3, 0.4) is 0 Å². The molecule has 160 valence electrons. The number of imidazole rings is 1. The van der Waals surface area contributed by atoms with Crippen LogP contribution in [0.1, 0.15) is 35.9 Å². The number of rotatable bonds is 7. The van der Waals surface area contributed by atoms with Crippen LogP contribution in [0.4, 0.5) is 0 Å². The Kier molecular flexibility index (Phi) is 5.52. The van der Waals surface area contributed by atoms with Gasteiger partial charge in [0.15, 0.2) is 11.2 Å². The summed E-state index contributed by atoms with van der Waals surface area (Å²) in [6.45, 7) is 2.29. The number of benzene rings is 1. The van der Waals surface area contributed by atoms with Crippen molar-refractivity contribution in [2.45, 2.75) is 32.9 Å². The van der Waals surface area contributed by atoms with Crippen LogP contribution in [-0.4, -0.2) is 35.3 Å². The van der Waals surface area contributed by atoms with Crippen LogP contribution >= 0.6 is 0 Å². The second kappa shape index (κ2) is 8.42. The van der Waals surface area contributed by atoms with Gasteiger partial charge in [0, 0.05) is 19.2 Å². The number of nitrogens with zero attached hydrogens (tertiary/aromatic N) is 4. The van der Waals surface area contributed by atoms with Gasteiger partial charge in [-0.2, -0.15) is 5.10 Å². The van der Waals surface area contributed by atoms with Gasteiger partial charge in [0.05, 0.1) is 11.9 Å². The summed E-state index contributed by atoms with van der Waals surface area (Å²) >= 11 is 0. The van der Waals surface area contributed by atoms with Gasteiger partial charge >= 0.3 is 11.7 Å². The summed E-state index contributed by atoms with van der Waals surface area (Å²) in [5.74, 6) is -0.216. The Morgan fingerprint density at radius 1 is 1.19 bits per heavy atom. The number of carbonyl (C=O) groups is 1. The Morgan fingerprint density at radius 2 is 1.97 bits per heavy atom. The van der Waals surface area contributed by atoms with E-state index in [1.807, 2.05) is 37.3 Å². The van der Waals surface area contributed by atoms with E-state index in [4.69, 9.17) is 4.74 Å². The Bertz CT molecular complexity index is 1350. The first-order chi connectivity index (χ1) is 15.0. The van der Waals surface area contributed by atoms with Gasteiger partial charge in [0.25, 0.3) is 5.56 Å². The molecule has 4 aromatic rings. The van der Waals surface area contributed by atoms with Gasteiger partial charge in [-0.25, -0.2) is 14.6 Å². The number of aromatic nitrogens is 6. The van der Waals surface area contributed by atoms with E-state index >= 15 is 0 Å². The number of nitrogens with one attached hydrogen (secondary N) is 2. The van der Waals surface area contributed by atoms with E-state index in [1.54, 1.807) is 7.05 Å². The molecule has 0 saturated carbocycles. The molecular formula is C21H22N6O4. The number of hydrogen-bond acceptors (Lipinski definition) is 6. The van der Waals surface area contributed by atoms with Crippen molar-refractivity contribution in [2.75, 3.05) is 0 Å². The number of H-pyrrole nitrogens is 2. The third kappa shape index (κ3) is 3.79. The number of unbranched alkanes of at least 4 members (excludes halogenated alkanes) is 1. The maximum Gasteiger partial charge on any atom is 0.342 e. The highest BCUT2D eigenvalue weighted by molar-refractivity contribution is 5.95. The van der Waals surface area contributed by atoms with E-state index < -0.39 is 17.2 Å². The van der Waals surface area contributed by atoms with Crippen LogP contribution in [0, 0.1) is 0 Å². The largest absolute Gasteiger partial charge is 0.454 e. The molecular weight excluding hydrogens is 400 g/mol. The number of aryl methyl sites for hydroxylation is 2. The van der Waals surface area contributed by atoms with Crippen LogP contribution in [0.25, 0.3) is 22.4 Å². The molecule has 0 saturated heterocycles. The van der Waals surface area contributed by atoms with Crippen LogP contribution in [-0.2, 0) is 24.9 Å². The fourth-order valence-corrected chi connectivity index (χ4v) is 3.42. The molecule has 0 aliphatic heterocycles. The van der Waals surface area contributed by atoms with Crippen molar-refractivity contribution in [2.24, 2.45) is 7.05 Å². The van der Waals surface area contributed by atoms with Crippen LogP contribution in [0.5, 0.6) is 0 Å². The summed E-state index contributed by atoms with van der Waals surface area (Å²) in [6.07, 6.45) is 3.07. The third-order valence-electron chi connectivity index (χ3n) is 5.10. The van der Waals surface area contributed by atoms with Crippen molar-refractivity contribution < 1.29 is 9.53 Å². The van der Waals surface area contributed by atoms with Gasteiger partial charge in [0.1, 0.15) is 18.0 Å². The zero-order valence-corrected chi connectivity index (χ0v) is 17.2. The maximum absolute atomic E-state index is 12.7. The summed E-state index contributed by atoms with van der Waals surface area (Å²) in [4.78, 5) is 44.0. The molecule has 0 spiro atoms. The molecule has 4 rings (SSSR count). The summed E-state index contributed by atoms with van der Waals surface area (Å²) in [7, 11) is 1.65. The Labute approximate surface area is 176 Å². The number of fused-ring (bicyclic) bond motifs is 1. The predicted molar refractivity (Wildman–Crippen MR) is 114 cm³/mol. The molecule has 3 heterocycles. The highest BCUT2D eigenvalue weighted by Gasteiger charge is 2.20. The lowest BCUT2D eigenvalue weighted by molar-refractivity contribution is 0.0460. The molecule has 2 N–H and O–H groups in total. The SMILES string of the molecule is CCCCn1c(=O)[nH]c(=O)c2c1nc(COC(=O)c1cn[nH]c1-c1ccccc1)n2C. The van der Waals surface area contributed by atoms with Crippen molar-refractivity contribution in [1.82, 2.24) is 29.3 Å². The first-order valence-electron chi connectivity index (χ1n) is 9.95. The molecule has 0 aliphatic rings. The van der Waals surface area contributed by atoms with Crippen molar-refractivity contribution in [3.8, 4) is 11.3 Å². The van der Waals surface area contributed by atoms with Crippen molar-refractivity contribution in [1.29, 1.82) is 0 Å². The monoisotopic (exact) mass is 422 g/mol. The summed E-state index contributed by atoms with van der Waals surface area (Å²) < 4.78 is 8.43. The van der Waals surface area contributed by atoms with E-state index in [9.17, 15) is 14.4 Å². The molecule has 0 fully saturated rings. The Morgan fingerprint density at radius 3 is 2.71 bits per heavy atom. The predicted octanol–water partition coefficient (Wildman–Crippen LogP) is 1.97. The Balaban J connectivity index is 1.62. The molecule has 10 nitrogen and oxygen atoms in total. The first kappa shape index (κ1) is 20.3. The summed E-state index contributed by atoms with van der Waals surface area (Å²) in [5, 5.41) is 6.78. The zero-order valence-electron chi connectivity index (χ0n) is 17.2. The standard InChI is InChI=1S/C21H22N6O4/c1-3-4-10-27-18-17(19(28)24-21(27)30)26(2)15(23-18)12-31-20(29)14-11-22-25-16(14)13-8-6-5-7-9-13/h5-9,11H,3-4,10,12H2,1-2H3,(H,22,25)(H,24,28,30). The quantitative estimate of drug-likeness (QED) is 0.438. The molecule has 0 amide bonds. The lowest BCUT2D eigenvalue weighted by atomic mass is 10.1. The van der Waals surface area contributed by atoms with E-state index in [2.05, 4.69) is 20.2 Å². The van der Waals surface area contributed by atoms with Gasteiger partial charge in [0.2, 0.25) is 0 Å². The number of aromatic amines is 2. The third-order valence-corrected chi connectivity index (χ3v) is 5.10. The van der Waals surface area contributed by atoms with Crippen LogP contribution in [0.2, 0.25) is 0 Å². The second-order valence-corrected chi connectivity index (χ2v) is 7.12. The Hall–Kier alpha value is -3.95. The molecule has 1 aromatic carbocycles. The summed E-state index contributed by atoms with van der Waals surface area (Å²) in [6, 6.07) is 9.32. The lowest BCUT2D eigenvalue weighted by Gasteiger charge is -2.06. The van der Waals surface area contributed by atoms with E-state index in [1.165, 1.54) is 15.3 Å². The number of hydrogen-bond donors (Lipinski definition) is 2. The average Bonchev–Trinajstić information content (AvgIpc) is 3.38. The van der Waals surface area contributed by atoms with E-state index in [-0.39, 0.29) is 17.8 Å². The maximum atomic E-state index is 12.7. The van der Waals surface area contributed by atoms with Crippen LogP contribution in [0.15, 0.2) is 46.1 Å². The molecule has 0 unspecified atom stereocenters. The highest BCUT2D eigenvalue weighted by Crippen LogP contribution is 2.21. The fraction of sp³-hybridized carbons (Fsp3) is 0.286. The lowest BCUT2D eigenvalue weighted by Crippen LogP contribution is -2.31. The van der Waals surface area contributed by atoms with Crippen molar-refractivity contribution >= 4 is 17.1 Å². The highest BCUT2D eigenvalue weighted by atomic mass is 16.5. The number of ether oxygens (including phenoxy) is 1.